The Bertz CT molecular complexity index is 728. The van der Waals surface area contributed by atoms with E-state index < -0.39 is 40.2 Å². The van der Waals surface area contributed by atoms with E-state index in [0.29, 0.717) is 6.26 Å². The van der Waals surface area contributed by atoms with Gasteiger partial charge in [-0.25, -0.2) is 30.0 Å². The van der Waals surface area contributed by atoms with Crippen molar-refractivity contribution in [3.05, 3.63) is 0 Å². The Kier molecular flexibility index (Phi) is 11.0. The van der Waals surface area contributed by atoms with Gasteiger partial charge in [0.1, 0.15) is 0 Å². The molecule has 2 N–H and O–H groups in total. The smallest absolute Gasteiger partial charge is 0.261 e. The summed E-state index contributed by atoms with van der Waals surface area (Å²) in [6.07, 6.45) is 3.97. The first-order valence-electron chi connectivity index (χ1n) is 4.17. The van der Waals surface area contributed by atoms with Gasteiger partial charge in [-0.1, -0.05) is 4.40 Å². The van der Waals surface area contributed by atoms with E-state index in [1.807, 2.05) is 0 Å². The van der Waals surface area contributed by atoms with Gasteiger partial charge < -0.3 is 0 Å². The molecule has 0 aliphatic carbocycles. The molecule has 0 bridgehead atoms. The van der Waals surface area contributed by atoms with Crippen molar-refractivity contribution in [2.75, 3.05) is 25.0 Å². The van der Waals surface area contributed by atoms with E-state index in [4.69, 9.17) is 9.35 Å². The molecule has 0 fully saturated rings. The quantitative estimate of drug-likeness (QED) is 0.290. The molecule has 0 amide bonds. The third kappa shape index (κ3) is 67.4. The molecular weight excluding hydrogens is 376 g/mol. The van der Waals surface area contributed by atoms with Gasteiger partial charge in [0, 0.05) is 0 Å². The van der Waals surface area contributed by atoms with E-state index in [9.17, 15) is 33.7 Å². The van der Waals surface area contributed by atoms with Crippen molar-refractivity contribution in [2.45, 2.75) is 0 Å². The van der Waals surface area contributed by atoms with Crippen LogP contribution >= 0.6 is 0 Å². The van der Waals surface area contributed by atoms with Crippen LogP contribution in [0.2, 0.25) is 0 Å². The maximum Gasteiger partial charge on any atom is 0.261 e. The van der Waals surface area contributed by atoms with Crippen LogP contribution in [0.4, 0.5) is 0 Å². The molecule has 0 aromatic heterocycles. The van der Waals surface area contributed by atoms with Crippen LogP contribution in [-0.4, -0.2) is 69.3 Å². The maximum absolute atomic E-state index is 10.2. The van der Waals surface area contributed by atoms with Gasteiger partial charge in [0.05, 0.1) is 25.0 Å². The maximum atomic E-state index is 10.2. The Labute approximate surface area is 123 Å². The number of hydrogen-bond donors (Lipinski definition) is 2. The van der Waals surface area contributed by atoms with E-state index in [2.05, 4.69) is 4.40 Å². The lowest BCUT2D eigenvalue weighted by atomic mass is 11.7. The van der Waals surface area contributed by atoms with Crippen LogP contribution in [0.25, 0.3) is 0 Å². The highest BCUT2D eigenvalue weighted by molar-refractivity contribution is 8.04. The van der Waals surface area contributed by atoms with E-state index >= 15 is 0 Å². The van der Waals surface area contributed by atoms with E-state index in [-0.39, 0.29) is 0 Å². The highest BCUT2D eigenvalue weighted by Crippen LogP contribution is 1.79. The normalized spacial score (nSPS) is 11.9. The minimum absolute atomic E-state index is 0.715. The Balaban J connectivity index is -0.000000242. The molecule has 0 saturated carbocycles. The number of nitrogens with zero attached hydrogens (tertiary/aromatic N) is 1. The summed E-state index contributed by atoms with van der Waals surface area (Å²) < 4.78 is 89.9. The van der Waals surface area contributed by atoms with Gasteiger partial charge in [-0.3, -0.25) is 4.55 Å². The SMILES string of the molecule is CS(=O)(=O)N=C=O.CS(=O)(=O)NS(C)(=O)=O.CS(=O)(=O)O. The molecule has 0 aromatic carbocycles. The molecule has 128 valence electrons. The van der Waals surface area contributed by atoms with Crippen molar-refractivity contribution in [3.63, 3.8) is 0 Å². The summed E-state index contributed by atoms with van der Waals surface area (Å²) >= 11 is 0. The molecule has 0 aromatic rings. The first-order valence-corrected chi connectivity index (χ1v) is 11.6. The largest absolute Gasteiger partial charge is 0.286 e. The zero-order valence-corrected chi connectivity index (χ0v) is 14.5. The van der Waals surface area contributed by atoms with Crippen LogP contribution in [0.15, 0.2) is 4.40 Å². The second kappa shape index (κ2) is 9.19. The van der Waals surface area contributed by atoms with Crippen LogP contribution < -0.4 is 4.13 Å². The summed E-state index contributed by atoms with van der Waals surface area (Å²) in [5, 5.41) is 0. The minimum atomic E-state index is -3.67. The summed E-state index contributed by atoms with van der Waals surface area (Å²) in [6, 6.07) is 0. The molecule has 0 saturated heterocycles. The molecule has 0 rings (SSSR count). The fourth-order valence-electron chi connectivity index (χ4n) is 0.343. The van der Waals surface area contributed by atoms with Gasteiger partial charge in [0.15, 0.2) is 0 Å². The molecule has 0 unspecified atom stereocenters. The van der Waals surface area contributed by atoms with Gasteiger partial charge in [-0.2, -0.15) is 8.42 Å². The molecule has 0 heterocycles. The second-order valence-electron chi connectivity index (χ2n) is 3.28. The third-order valence-electron chi connectivity index (χ3n) is 0.506. The molecule has 0 spiro atoms. The molecule has 0 radical (unpaired) electrons. The van der Waals surface area contributed by atoms with Gasteiger partial charge in [-0.15, -0.1) is 4.13 Å². The highest BCUT2D eigenvalue weighted by atomic mass is 32.3. The zero-order chi connectivity index (χ0) is 18.1. The standard InChI is InChI=1S/C2H7NO4S2.C2H3NO3S.CH4O3S/c1-8(4,5)3-9(2,6)7;1-7(5,6)3-2-4;1-5(2,3)4/h3H,1-2H3;1H3;1H3,(H,2,3,4). The van der Waals surface area contributed by atoms with Crippen LogP contribution in [0, 0.1) is 0 Å². The lowest BCUT2D eigenvalue weighted by Crippen LogP contribution is -2.27. The predicted molar refractivity (Wildman–Crippen MR) is 73.3 cm³/mol. The van der Waals surface area contributed by atoms with Gasteiger partial charge >= 0.3 is 0 Å². The number of hydrogen-bond acceptors (Lipinski definition) is 9. The van der Waals surface area contributed by atoms with Crippen LogP contribution in [0.5, 0.6) is 0 Å². The fraction of sp³-hybridized carbons (Fsp3) is 0.800. The van der Waals surface area contributed by atoms with Crippen LogP contribution in [-0.2, 0) is 45.0 Å². The summed E-state index contributed by atoms with van der Waals surface area (Å²) in [6.45, 7) is 0. The summed E-state index contributed by atoms with van der Waals surface area (Å²) in [7, 11) is -14.4. The first-order chi connectivity index (χ1) is 8.77. The Morgan fingerprint density at radius 2 is 1.05 bits per heavy atom. The lowest BCUT2D eigenvalue weighted by molar-refractivity contribution is 0.490. The van der Waals surface area contributed by atoms with Gasteiger partial charge in [-0.05, 0) is 0 Å². The monoisotopic (exact) mass is 390 g/mol. The van der Waals surface area contributed by atoms with Crippen molar-refractivity contribution in [3.8, 4) is 0 Å². The van der Waals surface area contributed by atoms with Crippen molar-refractivity contribution in [1.82, 2.24) is 4.13 Å². The predicted octanol–water partition coefficient (Wildman–Crippen LogP) is -2.72. The van der Waals surface area contributed by atoms with Gasteiger partial charge in [0.25, 0.3) is 26.2 Å². The van der Waals surface area contributed by atoms with Crippen molar-refractivity contribution in [2.24, 2.45) is 4.40 Å². The molecule has 16 heteroatoms. The van der Waals surface area contributed by atoms with Gasteiger partial charge in [0.2, 0.25) is 20.0 Å². The Hall–Kier alpha value is -0.900. The number of rotatable bonds is 3. The molecule has 0 aliphatic rings. The minimum Gasteiger partial charge on any atom is -0.286 e. The Morgan fingerprint density at radius 1 is 0.810 bits per heavy atom. The highest BCUT2D eigenvalue weighted by Gasteiger charge is 2.08. The summed E-state index contributed by atoms with van der Waals surface area (Å²) in [4.78, 5) is 9.15. The molecule has 21 heavy (non-hydrogen) atoms. The van der Waals surface area contributed by atoms with Crippen molar-refractivity contribution >= 4 is 46.3 Å². The molecule has 0 aliphatic heterocycles. The van der Waals surface area contributed by atoms with E-state index in [0.717, 1.165) is 24.8 Å². The summed E-state index contributed by atoms with van der Waals surface area (Å²) in [5.41, 5.74) is 0. The van der Waals surface area contributed by atoms with E-state index in [1.54, 1.807) is 0 Å². The molecule has 0 atom stereocenters. The van der Waals surface area contributed by atoms with Crippen LogP contribution in [0.3, 0.4) is 0 Å². The number of nitrogens with one attached hydrogen (secondary N) is 1. The summed E-state index contributed by atoms with van der Waals surface area (Å²) in [5.74, 6) is 0. The van der Waals surface area contributed by atoms with Crippen LogP contribution in [0.1, 0.15) is 0 Å². The topological polar surface area (TPSA) is 198 Å². The van der Waals surface area contributed by atoms with Crippen molar-refractivity contribution in [1.29, 1.82) is 0 Å². The number of isocyanates is 1. The molecular formula is C5H14N2O10S4. The lowest BCUT2D eigenvalue weighted by Gasteiger charge is -1.94. The molecule has 12 nitrogen and oxygen atoms in total. The fourth-order valence-corrected chi connectivity index (χ4v) is 2.68. The average Bonchev–Trinajstić information content (AvgIpc) is 1.89. The van der Waals surface area contributed by atoms with E-state index in [1.165, 1.54) is 4.13 Å². The average molecular weight is 390 g/mol. The number of carbonyl (C=O) groups excluding carboxylic acids is 1. The third-order valence-corrected chi connectivity index (χ3v) is 3.33. The van der Waals surface area contributed by atoms with Crippen molar-refractivity contribution < 1.29 is 43.0 Å². The zero-order valence-electron chi connectivity index (χ0n) is 11.2. The first kappa shape index (κ1) is 25.1. The second-order valence-corrected chi connectivity index (χ2v) is 10.1. The Morgan fingerprint density at radius 3 is 1.05 bits per heavy atom. The number of sulfonamides is 3.